The average molecular weight is 439 g/mol. The Balaban J connectivity index is 1.46. The fourth-order valence-electron chi connectivity index (χ4n) is 3.74. The van der Waals surface area contributed by atoms with Gasteiger partial charge in [0.15, 0.2) is 5.82 Å². The molecule has 0 bridgehead atoms. The number of aryl methyl sites for hydroxylation is 1. The number of hydrogen-bond donors (Lipinski definition) is 2. The van der Waals surface area contributed by atoms with Gasteiger partial charge in [0.1, 0.15) is 17.5 Å². The molecule has 2 aromatic heterocycles. The zero-order chi connectivity index (χ0) is 22.8. The first kappa shape index (κ1) is 21.7. The van der Waals surface area contributed by atoms with Crippen LogP contribution in [0.25, 0.3) is 0 Å². The number of hydrogen-bond acceptors (Lipinski definition) is 7. The Hall–Kier alpha value is -3.53. The first-order valence-corrected chi connectivity index (χ1v) is 10.3. The lowest BCUT2D eigenvalue weighted by Crippen LogP contribution is -2.53. The molecule has 0 fully saturated rings. The van der Waals surface area contributed by atoms with Crippen molar-refractivity contribution in [3.05, 3.63) is 59.3 Å². The van der Waals surface area contributed by atoms with E-state index in [9.17, 15) is 9.18 Å². The van der Waals surface area contributed by atoms with Crippen LogP contribution in [0.4, 0.5) is 21.8 Å². The van der Waals surface area contributed by atoms with Gasteiger partial charge in [-0.2, -0.15) is 10.1 Å². The molecule has 2 atom stereocenters. The van der Waals surface area contributed by atoms with E-state index < -0.39 is 6.04 Å². The molecule has 0 saturated heterocycles. The van der Waals surface area contributed by atoms with E-state index in [4.69, 9.17) is 4.74 Å². The van der Waals surface area contributed by atoms with E-state index in [1.165, 1.54) is 12.1 Å². The molecule has 1 amide bonds. The number of methoxy groups -OCH3 is 1. The number of benzene rings is 1. The highest BCUT2D eigenvalue weighted by Crippen LogP contribution is 2.33. The predicted octanol–water partition coefficient (Wildman–Crippen LogP) is 2.57. The molecule has 1 aromatic carbocycles. The van der Waals surface area contributed by atoms with Gasteiger partial charge in [-0.1, -0.05) is 12.1 Å². The predicted molar refractivity (Wildman–Crippen MR) is 119 cm³/mol. The van der Waals surface area contributed by atoms with Crippen LogP contribution in [0.5, 0.6) is 0 Å². The van der Waals surface area contributed by atoms with Gasteiger partial charge < -0.3 is 20.3 Å². The number of nitrogens with zero attached hydrogens (tertiary/aromatic N) is 5. The highest BCUT2D eigenvalue weighted by molar-refractivity contribution is 6.03. The number of carbonyl (C=O) groups is 1. The average Bonchev–Trinajstić information content (AvgIpc) is 3.22. The van der Waals surface area contributed by atoms with Crippen LogP contribution >= 0.6 is 0 Å². The molecule has 10 heteroatoms. The number of ether oxygens (including phenoxy) is 1. The summed E-state index contributed by atoms with van der Waals surface area (Å²) in [6.45, 7) is 4.72. The molecular weight excluding hydrogens is 413 g/mol. The van der Waals surface area contributed by atoms with Gasteiger partial charge in [-0.25, -0.2) is 9.37 Å². The Bertz CT molecular complexity index is 1120. The van der Waals surface area contributed by atoms with Crippen molar-refractivity contribution in [1.82, 2.24) is 19.7 Å². The number of carbonyl (C=O) groups excluding carboxylic acids is 1. The Morgan fingerprint density at radius 2 is 2.00 bits per heavy atom. The molecule has 9 nitrogen and oxygen atoms in total. The molecule has 3 aromatic rings. The van der Waals surface area contributed by atoms with Crippen LogP contribution in [0, 0.1) is 12.7 Å². The Morgan fingerprint density at radius 1 is 1.25 bits per heavy atom. The summed E-state index contributed by atoms with van der Waals surface area (Å²) < 4.78 is 20.2. The second-order valence-corrected chi connectivity index (χ2v) is 7.84. The third-order valence-corrected chi connectivity index (χ3v) is 5.55. The molecule has 0 radical (unpaired) electrons. The number of anilines is 3. The van der Waals surface area contributed by atoms with E-state index in [1.54, 1.807) is 30.1 Å². The van der Waals surface area contributed by atoms with Gasteiger partial charge in [-0.15, -0.1) is 0 Å². The summed E-state index contributed by atoms with van der Waals surface area (Å²) in [6.07, 6.45) is 3.39. The van der Waals surface area contributed by atoms with Gasteiger partial charge >= 0.3 is 0 Å². The van der Waals surface area contributed by atoms with E-state index in [-0.39, 0.29) is 17.8 Å². The Kier molecular flexibility index (Phi) is 6.04. The maximum atomic E-state index is 13.1. The van der Waals surface area contributed by atoms with Crippen molar-refractivity contribution < 1.29 is 13.9 Å². The quantitative estimate of drug-likeness (QED) is 0.584. The number of halogens is 1. The van der Waals surface area contributed by atoms with Crippen LogP contribution in [0.2, 0.25) is 0 Å². The summed E-state index contributed by atoms with van der Waals surface area (Å²) in [5.41, 5.74) is 3.20. The maximum Gasteiger partial charge on any atom is 0.249 e. The molecule has 1 aliphatic rings. The van der Waals surface area contributed by atoms with Gasteiger partial charge in [-0.3, -0.25) is 9.48 Å². The minimum absolute atomic E-state index is 0.143. The summed E-state index contributed by atoms with van der Waals surface area (Å²) in [5.74, 6) is 0.697. The topological polar surface area (TPSA) is 97.2 Å². The van der Waals surface area contributed by atoms with E-state index in [1.807, 2.05) is 32.0 Å². The first-order valence-electron chi connectivity index (χ1n) is 10.3. The fraction of sp³-hybridized carbons (Fsp3) is 0.364. The number of amides is 1. The standard InChI is InChI=1S/C22H26FN7O2/c1-13-18-20(29(3)19(14(2)32-4)21(31)27-18)28-22(26-13)24-9-16-10-25-30(12-16)11-15-5-7-17(23)8-6-15/h5-8,10,12,14,19H,9,11H2,1-4H3,(H,27,31)(H,24,26,28)/t14-,19-/m0/s1. The maximum absolute atomic E-state index is 13.1. The highest BCUT2D eigenvalue weighted by Gasteiger charge is 2.37. The van der Waals surface area contributed by atoms with Crippen molar-refractivity contribution in [1.29, 1.82) is 0 Å². The summed E-state index contributed by atoms with van der Waals surface area (Å²) in [7, 11) is 3.41. The van der Waals surface area contributed by atoms with Crippen molar-refractivity contribution >= 4 is 23.4 Å². The van der Waals surface area contributed by atoms with Crippen molar-refractivity contribution in [2.75, 3.05) is 29.7 Å². The summed E-state index contributed by atoms with van der Waals surface area (Å²) >= 11 is 0. The molecule has 3 heterocycles. The van der Waals surface area contributed by atoms with E-state index in [2.05, 4.69) is 25.7 Å². The second kappa shape index (κ2) is 8.91. The normalized spacial score (nSPS) is 16.5. The smallest absolute Gasteiger partial charge is 0.249 e. The number of nitrogens with one attached hydrogen (secondary N) is 2. The van der Waals surface area contributed by atoms with E-state index in [0.29, 0.717) is 36.2 Å². The largest absolute Gasteiger partial charge is 0.379 e. The minimum atomic E-state index is -0.487. The third-order valence-electron chi connectivity index (χ3n) is 5.55. The minimum Gasteiger partial charge on any atom is -0.379 e. The number of rotatable bonds is 7. The van der Waals surface area contributed by atoms with Crippen LogP contribution in [0.3, 0.4) is 0 Å². The lowest BCUT2D eigenvalue weighted by atomic mass is 10.1. The van der Waals surface area contributed by atoms with Crippen LogP contribution in [-0.4, -0.2) is 52.0 Å². The lowest BCUT2D eigenvalue weighted by molar-refractivity contribution is -0.120. The SMILES string of the molecule is CO[C@@H](C)[C@H]1C(=O)Nc2c(C)nc(NCc3cnn(Cc4ccc(F)cc4)c3)nc2N1C. The molecular formula is C22H26FN7O2. The number of likely N-dealkylation sites (N-methyl/N-ethyl adjacent to an activating group) is 1. The second-order valence-electron chi connectivity index (χ2n) is 7.84. The monoisotopic (exact) mass is 439 g/mol. The van der Waals surface area contributed by atoms with Gasteiger partial charge in [0.25, 0.3) is 0 Å². The third kappa shape index (κ3) is 4.40. The first-order chi connectivity index (χ1) is 15.4. The lowest BCUT2D eigenvalue weighted by Gasteiger charge is -2.37. The zero-order valence-electron chi connectivity index (χ0n) is 18.5. The van der Waals surface area contributed by atoms with Crippen LogP contribution in [-0.2, 0) is 22.6 Å². The molecule has 4 rings (SSSR count). The zero-order valence-corrected chi connectivity index (χ0v) is 18.5. The van der Waals surface area contributed by atoms with Crippen molar-refractivity contribution in [2.45, 2.75) is 39.1 Å². The van der Waals surface area contributed by atoms with Crippen molar-refractivity contribution in [3.8, 4) is 0 Å². The van der Waals surface area contributed by atoms with Gasteiger partial charge in [0.2, 0.25) is 11.9 Å². The van der Waals surface area contributed by atoms with Crippen LogP contribution in [0.1, 0.15) is 23.7 Å². The van der Waals surface area contributed by atoms with Crippen molar-refractivity contribution in [2.24, 2.45) is 0 Å². The summed E-state index contributed by atoms with van der Waals surface area (Å²) in [6, 6.07) is 5.87. The summed E-state index contributed by atoms with van der Waals surface area (Å²) in [5, 5.41) is 10.5. The van der Waals surface area contributed by atoms with Crippen LogP contribution in [0.15, 0.2) is 36.7 Å². The molecule has 1 aliphatic heterocycles. The van der Waals surface area contributed by atoms with Gasteiger partial charge in [0.05, 0.1) is 24.5 Å². The van der Waals surface area contributed by atoms with Gasteiger partial charge in [-0.05, 0) is 31.5 Å². The Morgan fingerprint density at radius 3 is 2.72 bits per heavy atom. The number of aromatic nitrogens is 4. The molecule has 0 saturated carbocycles. The molecule has 2 N–H and O–H groups in total. The molecule has 32 heavy (non-hydrogen) atoms. The molecule has 0 spiro atoms. The highest BCUT2D eigenvalue weighted by atomic mass is 19.1. The van der Waals surface area contributed by atoms with Gasteiger partial charge in [0, 0.05) is 32.5 Å². The summed E-state index contributed by atoms with van der Waals surface area (Å²) in [4.78, 5) is 23.5. The van der Waals surface area contributed by atoms with E-state index >= 15 is 0 Å². The molecule has 168 valence electrons. The van der Waals surface area contributed by atoms with E-state index in [0.717, 1.165) is 11.1 Å². The molecule has 0 unspecified atom stereocenters. The molecule has 0 aliphatic carbocycles. The Labute approximate surface area is 185 Å². The van der Waals surface area contributed by atoms with Crippen molar-refractivity contribution in [3.63, 3.8) is 0 Å². The number of fused-ring (bicyclic) bond motifs is 1. The van der Waals surface area contributed by atoms with Crippen LogP contribution < -0.4 is 15.5 Å². The fourth-order valence-corrected chi connectivity index (χ4v) is 3.74.